The highest BCUT2D eigenvalue weighted by atomic mass is 16.6. The van der Waals surface area contributed by atoms with Gasteiger partial charge in [0.25, 0.3) is 5.69 Å². The SMILES string of the molecule is CC(=O)[C@H]1[C@H](c2cccc([N+](=O)[O-])c2)[C@@H]2C(C)=NN=C2C[C@]1(C)O. The quantitative estimate of drug-likeness (QED) is 0.679. The number of nitro groups is 1. The third kappa shape index (κ3) is 2.54. The number of nitro benzene ring substituents is 1. The first-order valence-electron chi connectivity index (χ1n) is 7.80. The van der Waals surface area contributed by atoms with Crippen LogP contribution in [0.3, 0.4) is 0 Å². The van der Waals surface area contributed by atoms with Gasteiger partial charge >= 0.3 is 0 Å². The number of benzene rings is 1. The van der Waals surface area contributed by atoms with E-state index < -0.39 is 22.4 Å². The van der Waals surface area contributed by atoms with Crippen molar-refractivity contribution in [2.24, 2.45) is 22.0 Å². The molecule has 0 unspecified atom stereocenters. The van der Waals surface area contributed by atoms with E-state index in [1.165, 1.54) is 19.1 Å². The monoisotopic (exact) mass is 329 g/mol. The molecule has 7 nitrogen and oxygen atoms in total. The van der Waals surface area contributed by atoms with Crippen LogP contribution in [0.1, 0.15) is 38.7 Å². The van der Waals surface area contributed by atoms with Gasteiger partial charge in [-0.3, -0.25) is 14.9 Å². The molecule has 1 aromatic carbocycles. The number of Topliss-reactive ketones (excluding diaryl/α,β-unsaturated/α-hetero) is 1. The van der Waals surface area contributed by atoms with Gasteiger partial charge in [0, 0.05) is 36.1 Å². The maximum atomic E-state index is 12.3. The zero-order valence-electron chi connectivity index (χ0n) is 13.8. The molecule has 1 aliphatic carbocycles. The summed E-state index contributed by atoms with van der Waals surface area (Å²) in [6, 6.07) is 6.26. The lowest BCUT2D eigenvalue weighted by Gasteiger charge is -2.45. The molecule has 0 saturated heterocycles. The fourth-order valence-electron chi connectivity index (χ4n) is 4.10. The van der Waals surface area contributed by atoms with E-state index in [4.69, 9.17) is 0 Å². The van der Waals surface area contributed by atoms with Crippen LogP contribution >= 0.6 is 0 Å². The summed E-state index contributed by atoms with van der Waals surface area (Å²) in [6.07, 6.45) is 0.272. The topological polar surface area (TPSA) is 105 Å². The van der Waals surface area contributed by atoms with E-state index in [0.29, 0.717) is 5.56 Å². The van der Waals surface area contributed by atoms with Crippen molar-refractivity contribution in [3.05, 3.63) is 39.9 Å². The van der Waals surface area contributed by atoms with Crippen LogP contribution in [0.2, 0.25) is 0 Å². The molecule has 3 rings (SSSR count). The van der Waals surface area contributed by atoms with Crippen LogP contribution in [0.4, 0.5) is 5.69 Å². The van der Waals surface area contributed by atoms with E-state index in [1.807, 2.05) is 6.92 Å². The van der Waals surface area contributed by atoms with Crippen molar-refractivity contribution < 1.29 is 14.8 Å². The summed E-state index contributed by atoms with van der Waals surface area (Å²) < 4.78 is 0. The van der Waals surface area contributed by atoms with Gasteiger partial charge in [-0.25, -0.2) is 0 Å². The Kier molecular flexibility index (Phi) is 3.83. The summed E-state index contributed by atoms with van der Waals surface area (Å²) in [5, 5.41) is 30.3. The fraction of sp³-hybridized carbons (Fsp3) is 0.471. The minimum Gasteiger partial charge on any atom is -0.389 e. The zero-order valence-corrected chi connectivity index (χ0v) is 13.8. The summed E-state index contributed by atoms with van der Waals surface area (Å²) in [4.78, 5) is 23.0. The third-order valence-corrected chi connectivity index (χ3v) is 4.98. The van der Waals surface area contributed by atoms with Crippen LogP contribution in [0.15, 0.2) is 34.5 Å². The molecule has 126 valence electrons. The minimum atomic E-state index is -1.27. The average molecular weight is 329 g/mol. The Morgan fingerprint density at radius 3 is 2.75 bits per heavy atom. The molecule has 7 heteroatoms. The number of hydrogen-bond donors (Lipinski definition) is 1. The van der Waals surface area contributed by atoms with E-state index in [0.717, 1.165) is 11.4 Å². The number of hydrogen-bond acceptors (Lipinski definition) is 6. The summed E-state index contributed by atoms with van der Waals surface area (Å²) in [7, 11) is 0. The van der Waals surface area contributed by atoms with Gasteiger partial charge in [0.2, 0.25) is 0 Å². The number of fused-ring (bicyclic) bond motifs is 1. The highest BCUT2D eigenvalue weighted by Gasteiger charge is 2.53. The van der Waals surface area contributed by atoms with E-state index in [9.17, 15) is 20.0 Å². The molecule has 0 bridgehead atoms. The maximum Gasteiger partial charge on any atom is 0.269 e. The lowest BCUT2D eigenvalue weighted by molar-refractivity contribution is -0.385. The predicted molar refractivity (Wildman–Crippen MR) is 89.3 cm³/mol. The van der Waals surface area contributed by atoms with Gasteiger partial charge in [-0.15, -0.1) is 0 Å². The van der Waals surface area contributed by atoms with Crippen molar-refractivity contribution in [1.82, 2.24) is 0 Å². The van der Waals surface area contributed by atoms with Gasteiger partial charge < -0.3 is 5.11 Å². The Balaban J connectivity index is 2.17. The fourth-order valence-corrected chi connectivity index (χ4v) is 4.10. The van der Waals surface area contributed by atoms with Gasteiger partial charge in [0.05, 0.1) is 22.2 Å². The van der Waals surface area contributed by atoms with E-state index >= 15 is 0 Å². The van der Waals surface area contributed by atoms with Crippen LogP contribution < -0.4 is 0 Å². The molecule has 4 atom stereocenters. The maximum absolute atomic E-state index is 12.3. The molecule has 1 aliphatic heterocycles. The number of nitrogens with zero attached hydrogens (tertiary/aromatic N) is 3. The molecule has 1 aromatic rings. The van der Waals surface area contributed by atoms with Crippen molar-refractivity contribution >= 4 is 22.9 Å². The Morgan fingerprint density at radius 2 is 2.12 bits per heavy atom. The molecular formula is C17H19N3O4. The Bertz CT molecular complexity index is 782. The van der Waals surface area contributed by atoms with Gasteiger partial charge in [-0.1, -0.05) is 12.1 Å². The Hall–Kier alpha value is -2.41. The number of aliphatic hydroxyl groups is 1. The standard InChI is InChI=1S/C17H19N3O4/c1-9-14-13(19-18-9)8-17(3,22)16(10(2)21)15(14)11-5-4-6-12(7-11)20(23)24/h4-7,14-16,22H,8H2,1-3H3/t14-,15-,16+,17+/m1/s1. The van der Waals surface area contributed by atoms with Gasteiger partial charge in [0.1, 0.15) is 5.78 Å². The van der Waals surface area contributed by atoms with Crippen molar-refractivity contribution in [2.45, 2.75) is 38.7 Å². The highest BCUT2D eigenvalue weighted by Crippen LogP contribution is 2.48. The normalized spacial score (nSPS) is 31.9. The second kappa shape index (κ2) is 5.59. The summed E-state index contributed by atoms with van der Waals surface area (Å²) in [6.45, 7) is 4.91. The Labute approximate surface area is 139 Å². The minimum absolute atomic E-state index is 0.0360. The zero-order chi connectivity index (χ0) is 17.6. The second-order valence-electron chi connectivity index (χ2n) is 6.81. The Morgan fingerprint density at radius 1 is 1.42 bits per heavy atom. The van der Waals surface area contributed by atoms with Gasteiger partial charge in [0.15, 0.2) is 0 Å². The molecule has 2 aliphatic rings. The first kappa shape index (κ1) is 16.4. The number of carbonyl (C=O) groups is 1. The van der Waals surface area contributed by atoms with Gasteiger partial charge in [-0.2, -0.15) is 10.2 Å². The van der Waals surface area contributed by atoms with Crippen molar-refractivity contribution in [1.29, 1.82) is 0 Å². The number of ketones is 1. The van der Waals surface area contributed by atoms with Crippen LogP contribution in [0.25, 0.3) is 0 Å². The molecule has 0 aromatic heterocycles. The lowest BCUT2D eigenvalue weighted by atomic mass is 9.59. The average Bonchev–Trinajstić information content (AvgIpc) is 2.85. The summed E-state index contributed by atoms with van der Waals surface area (Å²) in [5.41, 5.74) is 0.843. The third-order valence-electron chi connectivity index (χ3n) is 4.98. The number of carbonyl (C=O) groups excluding carboxylic acids is 1. The molecule has 1 fully saturated rings. The van der Waals surface area contributed by atoms with Crippen molar-refractivity contribution in [3.63, 3.8) is 0 Å². The van der Waals surface area contributed by atoms with Crippen molar-refractivity contribution in [3.8, 4) is 0 Å². The van der Waals surface area contributed by atoms with Crippen LogP contribution in [-0.4, -0.2) is 32.8 Å². The van der Waals surface area contributed by atoms with Crippen LogP contribution in [-0.2, 0) is 4.79 Å². The molecule has 1 N–H and O–H groups in total. The predicted octanol–water partition coefficient (Wildman–Crippen LogP) is 2.49. The summed E-state index contributed by atoms with van der Waals surface area (Å²) in [5.74, 6) is -1.45. The molecular weight excluding hydrogens is 310 g/mol. The summed E-state index contributed by atoms with van der Waals surface area (Å²) >= 11 is 0. The molecule has 1 saturated carbocycles. The first-order valence-corrected chi connectivity index (χ1v) is 7.80. The largest absolute Gasteiger partial charge is 0.389 e. The van der Waals surface area contributed by atoms with E-state index in [1.54, 1.807) is 19.1 Å². The molecule has 1 heterocycles. The van der Waals surface area contributed by atoms with E-state index in [-0.39, 0.29) is 23.8 Å². The molecule has 0 spiro atoms. The smallest absolute Gasteiger partial charge is 0.269 e. The van der Waals surface area contributed by atoms with Gasteiger partial charge in [-0.05, 0) is 26.3 Å². The second-order valence-corrected chi connectivity index (χ2v) is 6.81. The highest BCUT2D eigenvalue weighted by molar-refractivity contribution is 6.12. The lowest BCUT2D eigenvalue weighted by Crippen LogP contribution is -2.53. The molecule has 0 amide bonds. The van der Waals surface area contributed by atoms with Crippen LogP contribution in [0, 0.1) is 22.0 Å². The number of rotatable bonds is 3. The van der Waals surface area contributed by atoms with E-state index in [2.05, 4.69) is 10.2 Å². The molecule has 24 heavy (non-hydrogen) atoms. The van der Waals surface area contributed by atoms with Crippen LogP contribution in [0.5, 0.6) is 0 Å². The number of non-ortho nitro benzene ring substituents is 1. The molecule has 0 radical (unpaired) electrons. The first-order chi connectivity index (χ1) is 11.2. The van der Waals surface area contributed by atoms with Crippen molar-refractivity contribution in [2.75, 3.05) is 0 Å².